The van der Waals surface area contributed by atoms with Crippen LogP contribution in [0.15, 0.2) is 18.2 Å². The minimum Gasteiger partial charge on any atom is -0.336 e. The molecule has 3 rings (SSSR count). The lowest BCUT2D eigenvalue weighted by molar-refractivity contribution is 0.185. The van der Waals surface area contributed by atoms with E-state index in [9.17, 15) is 13.6 Å². The standard InChI is InChI=1S/C19H27F2N3O/c20-15-8-9-18(17(21)11-15)23-19(25)22-12-16-7-4-10-24(16)13-14-5-2-1-3-6-14/h8-9,11,14,16H,1-7,10,12-13H2,(H2,22,23,25)/t16-/m1/s1. The molecule has 1 aromatic rings. The van der Waals surface area contributed by atoms with Crippen LogP contribution >= 0.6 is 0 Å². The molecule has 6 heteroatoms. The van der Waals surface area contributed by atoms with Crippen molar-refractivity contribution in [2.45, 2.75) is 51.0 Å². The highest BCUT2D eigenvalue weighted by Gasteiger charge is 2.27. The number of rotatable bonds is 5. The second kappa shape index (κ2) is 8.61. The summed E-state index contributed by atoms with van der Waals surface area (Å²) in [5.41, 5.74) is -0.00983. The molecule has 4 nitrogen and oxygen atoms in total. The molecule has 1 atom stereocenters. The molecule has 1 aromatic carbocycles. The lowest BCUT2D eigenvalue weighted by atomic mass is 9.89. The van der Waals surface area contributed by atoms with Crippen molar-refractivity contribution in [3.05, 3.63) is 29.8 Å². The van der Waals surface area contributed by atoms with Crippen LogP contribution in [0.5, 0.6) is 0 Å². The Morgan fingerprint density at radius 1 is 1.12 bits per heavy atom. The third-order valence-corrected chi connectivity index (χ3v) is 5.39. The Kier molecular flexibility index (Phi) is 6.24. The Morgan fingerprint density at radius 3 is 2.68 bits per heavy atom. The number of amides is 2. The van der Waals surface area contributed by atoms with Crippen molar-refractivity contribution in [2.75, 3.05) is 25.0 Å². The Bertz CT molecular complexity index is 590. The molecule has 0 radical (unpaired) electrons. The zero-order chi connectivity index (χ0) is 17.6. The fourth-order valence-corrected chi connectivity index (χ4v) is 4.04. The van der Waals surface area contributed by atoms with Crippen molar-refractivity contribution in [1.29, 1.82) is 0 Å². The van der Waals surface area contributed by atoms with Gasteiger partial charge in [0.2, 0.25) is 0 Å². The average molecular weight is 351 g/mol. The van der Waals surface area contributed by atoms with Gasteiger partial charge in [0.1, 0.15) is 11.6 Å². The number of halogens is 2. The number of urea groups is 1. The van der Waals surface area contributed by atoms with Gasteiger partial charge in [-0.15, -0.1) is 0 Å². The van der Waals surface area contributed by atoms with Crippen LogP contribution in [-0.4, -0.2) is 36.6 Å². The van der Waals surface area contributed by atoms with Crippen molar-refractivity contribution < 1.29 is 13.6 Å². The van der Waals surface area contributed by atoms with Crippen LogP contribution in [0.3, 0.4) is 0 Å². The molecule has 0 bridgehead atoms. The summed E-state index contributed by atoms with van der Waals surface area (Å²) in [6, 6.07) is 3.02. The Morgan fingerprint density at radius 2 is 1.92 bits per heavy atom. The molecule has 25 heavy (non-hydrogen) atoms. The van der Waals surface area contributed by atoms with Gasteiger partial charge < -0.3 is 10.6 Å². The molecule has 2 amide bonds. The summed E-state index contributed by atoms with van der Waals surface area (Å²) in [6.45, 7) is 2.78. The monoisotopic (exact) mass is 351 g/mol. The van der Waals surface area contributed by atoms with Gasteiger partial charge in [0.15, 0.2) is 0 Å². The molecule has 0 aromatic heterocycles. The highest BCUT2D eigenvalue weighted by Crippen LogP contribution is 2.27. The quantitative estimate of drug-likeness (QED) is 0.838. The first kappa shape index (κ1) is 18.1. The van der Waals surface area contributed by atoms with E-state index in [1.54, 1.807) is 0 Å². The smallest absolute Gasteiger partial charge is 0.319 e. The number of hydrogen-bond donors (Lipinski definition) is 2. The molecule has 2 N–H and O–H groups in total. The summed E-state index contributed by atoms with van der Waals surface area (Å²) in [6.07, 6.45) is 8.93. The maximum absolute atomic E-state index is 13.6. The molecule has 1 aliphatic carbocycles. The molecule has 1 saturated carbocycles. The van der Waals surface area contributed by atoms with Gasteiger partial charge in [0.25, 0.3) is 0 Å². The van der Waals surface area contributed by atoms with Crippen LogP contribution in [-0.2, 0) is 0 Å². The summed E-state index contributed by atoms with van der Waals surface area (Å²) < 4.78 is 26.5. The van der Waals surface area contributed by atoms with Crippen molar-refractivity contribution in [3.8, 4) is 0 Å². The van der Waals surface area contributed by atoms with Crippen LogP contribution < -0.4 is 10.6 Å². The van der Waals surface area contributed by atoms with Crippen LogP contribution in [0.2, 0.25) is 0 Å². The summed E-state index contributed by atoms with van der Waals surface area (Å²) >= 11 is 0. The minimum absolute atomic E-state index is 0.00983. The number of hydrogen-bond acceptors (Lipinski definition) is 2. The molecule has 138 valence electrons. The lowest BCUT2D eigenvalue weighted by Crippen LogP contribution is -2.43. The fraction of sp³-hybridized carbons (Fsp3) is 0.632. The summed E-state index contributed by atoms with van der Waals surface area (Å²) in [5.74, 6) is -0.640. The van der Waals surface area contributed by atoms with Crippen molar-refractivity contribution in [2.24, 2.45) is 5.92 Å². The first-order valence-electron chi connectivity index (χ1n) is 9.36. The summed E-state index contributed by atoms with van der Waals surface area (Å²) in [5, 5.41) is 5.28. The number of carbonyl (C=O) groups excluding carboxylic acids is 1. The van der Waals surface area contributed by atoms with Crippen LogP contribution in [0.25, 0.3) is 0 Å². The minimum atomic E-state index is -0.769. The van der Waals surface area contributed by atoms with Gasteiger partial charge in [-0.05, 0) is 50.3 Å². The maximum Gasteiger partial charge on any atom is 0.319 e. The van der Waals surface area contributed by atoms with Crippen LogP contribution in [0.1, 0.15) is 44.9 Å². The fourth-order valence-electron chi connectivity index (χ4n) is 4.04. The van der Waals surface area contributed by atoms with E-state index < -0.39 is 17.7 Å². The predicted molar refractivity (Wildman–Crippen MR) is 94.5 cm³/mol. The molecule has 2 aliphatic rings. The number of anilines is 1. The van der Waals surface area contributed by atoms with Crippen LogP contribution in [0, 0.1) is 17.6 Å². The average Bonchev–Trinajstić information content (AvgIpc) is 3.03. The molecule has 1 saturated heterocycles. The number of nitrogens with one attached hydrogen (secondary N) is 2. The molecule has 1 heterocycles. The van der Waals surface area contributed by atoms with Gasteiger partial charge in [-0.25, -0.2) is 13.6 Å². The number of benzene rings is 1. The molecule has 0 unspecified atom stereocenters. The highest BCUT2D eigenvalue weighted by molar-refractivity contribution is 5.89. The first-order valence-corrected chi connectivity index (χ1v) is 9.36. The molecule has 1 aliphatic heterocycles. The Balaban J connectivity index is 1.45. The van der Waals surface area contributed by atoms with Gasteiger partial charge >= 0.3 is 6.03 Å². The SMILES string of the molecule is O=C(NC[C@H]1CCCN1CC1CCCCC1)Nc1ccc(F)cc1F. The van der Waals surface area contributed by atoms with Gasteiger partial charge in [0, 0.05) is 25.2 Å². The normalized spacial score (nSPS) is 22.1. The van der Waals surface area contributed by atoms with E-state index in [-0.39, 0.29) is 5.69 Å². The Labute approximate surface area is 148 Å². The van der Waals surface area contributed by atoms with Crippen molar-refractivity contribution in [1.82, 2.24) is 10.2 Å². The third-order valence-electron chi connectivity index (χ3n) is 5.39. The third kappa shape index (κ3) is 5.14. The van der Waals surface area contributed by atoms with E-state index in [2.05, 4.69) is 15.5 Å². The molecular weight excluding hydrogens is 324 g/mol. The van der Waals surface area contributed by atoms with Gasteiger partial charge in [-0.1, -0.05) is 19.3 Å². The maximum atomic E-state index is 13.6. The second-order valence-electron chi connectivity index (χ2n) is 7.25. The van der Waals surface area contributed by atoms with Crippen molar-refractivity contribution in [3.63, 3.8) is 0 Å². The van der Waals surface area contributed by atoms with E-state index in [0.717, 1.165) is 44.0 Å². The predicted octanol–water partition coefficient (Wildman–Crippen LogP) is 4.13. The van der Waals surface area contributed by atoms with Crippen molar-refractivity contribution >= 4 is 11.7 Å². The van der Waals surface area contributed by atoms with Gasteiger partial charge in [0.05, 0.1) is 5.69 Å². The summed E-state index contributed by atoms with van der Waals surface area (Å²) in [7, 11) is 0. The summed E-state index contributed by atoms with van der Waals surface area (Å²) in [4.78, 5) is 14.5. The Hall–Kier alpha value is -1.69. The number of likely N-dealkylation sites (tertiary alicyclic amines) is 1. The van der Waals surface area contributed by atoms with E-state index >= 15 is 0 Å². The van der Waals surface area contributed by atoms with Gasteiger partial charge in [-0.2, -0.15) is 0 Å². The largest absolute Gasteiger partial charge is 0.336 e. The zero-order valence-corrected chi connectivity index (χ0v) is 14.6. The number of nitrogens with zero attached hydrogens (tertiary/aromatic N) is 1. The molecular formula is C19H27F2N3O. The van der Waals surface area contributed by atoms with E-state index in [1.807, 2.05) is 0 Å². The topological polar surface area (TPSA) is 44.4 Å². The first-order chi connectivity index (χ1) is 12.1. The van der Waals surface area contributed by atoms with E-state index in [0.29, 0.717) is 12.6 Å². The van der Waals surface area contributed by atoms with E-state index in [1.165, 1.54) is 38.2 Å². The zero-order valence-electron chi connectivity index (χ0n) is 14.6. The second-order valence-corrected chi connectivity index (χ2v) is 7.25. The lowest BCUT2D eigenvalue weighted by Gasteiger charge is -2.31. The molecule has 0 spiro atoms. The van der Waals surface area contributed by atoms with Crippen LogP contribution in [0.4, 0.5) is 19.3 Å². The highest BCUT2D eigenvalue weighted by atomic mass is 19.1. The van der Waals surface area contributed by atoms with E-state index in [4.69, 9.17) is 0 Å². The number of carbonyl (C=O) groups is 1. The van der Waals surface area contributed by atoms with Gasteiger partial charge in [-0.3, -0.25) is 4.90 Å². The molecule has 2 fully saturated rings.